The first-order chi connectivity index (χ1) is 9.36. The Morgan fingerprint density at radius 2 is 1.24 bits per heavy atom. The first kappa shape index (κ1) is 18.3. The maximum absolute atomic E-state index is 13.8. The van der Waals surface area contributed by atoms with Crippen LogP contribution < -0.4 is 0 Å². The molecule has 116 valence electrons. The molecule has 0 radical (unpaired) electrons. The smallest absolute Gasteiger partial charge is 0.218 e. The van der Waals surface area contributed by atoms with Crippen LogP contribution in [0.25, 0.3) is 0 Å². The monoisotopic (exact) mass is 370 g/mol. The summed E-state index contributed by atoms with van der Waals surface area (Å²) in [7, 11) is 0. The molecule has 1 aromatic rings. The minimum atomic E-state index is -6.24. The second kappa shape index (κ2) is 5.78. The van der Waals surface area contributed by atoms with Crippen LogP contribution in [-0.2, 0) is 5.67 Å². The number of hydrogen-bond acceptors (Lipinski definition) is 1. The summed E-state index contributed by atoms with van der Waals surface area (Å²) >= 11 is 14.5. The van der Waals surface area contributed by atoms with Gasteiger partial charge < -0.3 is 0 Å². The van der Waals surface area contributed by atoms with Gasteiger partial charge in [-0.2, -0.15) is 26.3 Å². The number of halogens is 9. The van der Waals surface area contributed by atoms with Crippen molar-refractivity contribution in [3.05, 3.63) is 33.3 Å². The van der Waals surface area contributed by atoms with Crippen molar-refractivity contribution in [2.75, 3.05) is 0 Å². The van der Waals surface area contributed by atoms with Crippen molar-refractivity contribution in [2.45, 2.75) is 18.0 Å². The van der Waals surface area contributed by atoms with E-state index in [1.54, 1.807) is 0 Å². The van der Waals surface area contributed by atoms with E-state index in [0.29, 0.717) is 0 Å². The number of thiol groups is 1. The Morgan fingerprint density at radius 1 is 0.857 bits per heavy atom. The summed E-state index contributed by atoms with van der Waals surface area (Å²) in [4.78, 5) is 0. The standard InChI is InChI=1S/C11H3Cl2F7S/c12-7-3-5(4-8(13)6(7)1-2-21)9(14,10(15,16)17)11(18,19)20/h3-4,21H. The summed E-state index contributed by atoms with van der Waals surface area (Å²) < 4.78 is 89.3. The van der Waals surface area contributed by atoms with Crippen LogP contribution in [0.5, 0.6) is 0 Å². The summed E-state index contributed by atoms with van der Waals surface area (Å²) in [6.45, 7) is 0. The van der Waals surface area contributed by atoms with E-state index in [1.807, 2.05) is 5.25 Å². The summed E-state index contributed by atoms with van der Waals surface area (Å²) in [6, 6.07) is 0.365. The van der Waals surface area contributed by atoms with E-state index < -0.39 is 33.6 Å². The number of alkyl halides is 7. The molecule has 10 heteroatoms. The maximum Gasteiger partial charge on any atom is 0.435 e. The van der Waals surface area contributed by atoms with Crippen molar-refractivity contribution in [1.82, 2.24) is 0 Å². The van der Waals surface area contributed by atoms with E-state index in [0.717, 1.165) is 0 Å². The third-order valence-electron chi connectivity index (χ3n) is 2.40. The zero-order valence-corrected chi connectivity index (χ0v) is 11.9. The molecular weight excluding hydrogens is 368 g/mol. The van der Waals surface area contributed by atoms with Crippen molar-refractivity contribution in [3.8, 4) is 11.2 Å². The van der Waals surface area contributed by atoms with Crippen molar-refractivity contribution in [2.24, 2.45) is 0 Å². The molecular formula is C11H3Cl2F7S. The van der Waals surface area contributed by atoms with Gasteiger partial charge in [0.2, 0.25) is 0 Å². The molecule has 0 spiro atoms. The Morgan fingerprint density at radius 3 is 1.52 bits per heavy atom. The number of rotatable bonds is 1. The molecule has 0 aliphatic heterocycles. The predicted octanol–water partition coefficient (Wildman–Crippen LogP) is 5.52. The van der Waals surface area contributed by atoms with Crippen LogP contribution in [0.2, 0.25) is 10.0 Å². The van der Waals surface area contributed by atoms with Crippen LogP contribution in [0.3, 0.4) is 0 Å². The third kappa shape index (κ3) is 3.20. The van der Waals surface area contributed by atoms with Crippen LogP contribution in [0.4, 0.5) is 30.7 Å². The van der Waals surface area contributed by atoms with Gasteiger partial charge in [0.25, 0.3) is 0 Å². The molecule has 0 aliphatic carbocycles. The summed E-state index contributed by atoms with van der Waals surface area (Å²) in [5.74, 6) is 2.17. The van der Waals surface area contributed by atoms with Crippen LogP contribution in [0.15, 0.2) is 12.1 Å². The van der Waals surface area contributed by atoms with Gasteiger partial charge in [0, 0.05) is 5.56 Å². The Balaban J connectivity index is 3.66. The first-order valence-corrected chi connectivity index (χ1v) is 6.03. The fourth-order valence-corrected chi connectivity index (χ4v) is 2.13. The highest BCUT2D eigenvalue weighted by molar-refractivity contribution is 7.85. The van der Waals surface area contributed by atoms with E-state index in [-0.39, 0.29) is 17.7 Å². The first-order valence-electron chi connectivity index (χ1n) is 4.83. The van der Waals surface area contributed by atoms with Crippen LogP contribution in [-0.4, -0.2) is 12.4 Å². The SMILES string of the molecule is FC(F)(F)C(F)(c1cc(Cl)c(C#CS)c(Cl)c1)C(F)(F)F. The maximum atomic E-state index is 13.8. The van der Waals surface area contributed by atoms with Crippen LogP contribution >= 0.6 is 35.8 Å². The molecule has 0 atom stereocenters. The van der Waals surface area contributed by atoms with E-state index in [9.17, 15) is 30.7 Å². The average Bonchev–Trinajstić information content (AvgIpc) is 2.29. The zero-order chi connectivity index (χ0) is 16.6. The molecule has 0 saturated carbocycles. The summed E-state index contributed by atoms with van der Waals surface area (Å²) in [6.07, 6.45) is -12.5. The third-order valence-corrected chi connectivity index (χ3v) is 3.11. The van der Waals surface area contributed by atoms with E-state index in [4.69, 9.17) is 23.2 Å². The molecule has 0 saturated heterocycles. The Labute approximate surface area is 129 Å². The Hall–Kier alpha value is -0.780. The lowest BCUT2D eigenvalue weighted by Crippen LogP contribution is -2.50. The molecule has 0 heterocycles. The summed E-state index contributed by atoms with van der Waals surface area (Å²) in [5, 5.41) is 0.706. The molecule has 0 amide bonds. The average molecular weight is 371 g/mol. The predicted molar refractivity (Wildman–Crippen MR) is 67.2 cm³/mol. The molecule has 1 rings (SSSR count). The van der Waals surface area contributed by atoms with Gasteiger partial charge in [-0.25, -0.2) is 4.39 Å². The van der Waals surface area contributed by atoms with E-state index >= 15 is 0 Å². The quantitative estimate of drug-likeness (QED) is 0.375. The lowest BCUT2D eigenvalue weighted by molar-refractivity contribution is -0.348. The van der Waals surface area contributed by atoms with Gasteiger partial charge in [-0.05, 0) is 17.4 Å². The minimum Gasteiger partial charge on any atom is -0.218 e. The molecule has 0 aromatic heterocycles. The van der Waals surface area contributed by atoms with Crippen molar-refractivity contribution < 1.29 is 30.7 Å². The van der Waals surface area contributed by atoms with Crippen molar-refractivity contribution in [1.29, 1.82) is 0 Å². The van der Waals surface area contributed by atoms with Crippen LogP contribution in [0, 0.1) is 11.2 Å². The Kier molecular flexibility index (Phi) is 5.03. The molecule has 0 unspecified atom stereocenters. The highest BCUT2D eigenvalue weighted by atomic mass is 35.5. The highest BCUT2D eigenvalue weighted by Crippen LogP contribution is 2.54. The molecule has 0 fully saturated rings. The molecule has 0 nitrogen and oxygen atoms in total. The molecule has 1 aromatic carbocycles. The van der Waals surface area contributed by atoms with Crippen LogP contribution in [0.1, 0.15) is 11.1 Å². The molecule has 0 aliphatic rings. The fraction of sp³-hybridized carbons (Fsp3) is 0.273. The largest absolute Gasteiger partial charge is 0.435 e. The second-order valence-corrected chi connectivity index (χ2v) is 4.74. The lowest BCUT2D eigenvalue weighted by atomic mass is 9.93. The molecule has 0 N–H and O–H groups in total. The van der Waals surface area contributed by atoms with Gasteiger partial charge in [-0.15, -0.1) is 0 Å². The van der Waals surface area contributed by atoms with E-state index in [2.05, 4.69) is 18.5 Å². The lowest BCUT2D eigenvalue weighted by Gasteiger charge is -2.30. The van der Waals surface area contributed by atoms with Crippen molar-refractivity contribution in [3.63, 3.8) is 0 Å². The van der Waals surface area contributed by atoms with Gasteiger partial charge >= 0.3 is 18.0 Å². The van der Waals surface area contributed by atoms with Gasteiger partial charge in [-0.1, -0.05) is 41.8 Å². The topological polar surface area (TPSA) is 0 Å². The normalized spacial score (nSPS) is 12.9. The molecule has 0 bridgehead atoms. The van der Waals surface area contributed by atoms with Gasteiger partial charge in [0.1, 0.15) is 0 Å². The molecule has 21 heavy (non-hydrogen) atoms. The number of hydrogen-bond donors (Lipinski definition) is 1. The number of benzene rings is 1. The summed E-state index contributed by atoms with van der Waals surface area (Å²) in [5.41, 5.74) is -7.63. The van der Waals surface area contributed by atoms with Gasteiger partial charge in [-0.3, -0.25) is 0 Å². The van der Waals surface area contributed by atoms with Gasteiger partial charge in [0.05, 0.1) is 15.6 Å². The Bertz CT molecular complexity index is 573. The van der Waals surface area contributed by atoms with E-state index in [1.165, 1.54) is 0 Å². The highest BCUT2D eigenvalue weighted by Gasteiger charge is 2.73. The minimum absolute atomic E-state index is 0.182. The fourth-order valence-electron chi connectivity index (χ4n) is 1.44. The van der Waals surface area contributed by atoms with Crippen molar-refractivity contribution >= 4 is 35.8 Å². The van der Waals surface area contributed by atoms with Gasteiger partial charge in [0.15, 0.2) is 0 Å². The zero-order valence-electron chi connectivity index (χ0n) is 9.50. The second-order valence-electron chi connectivity index (χ2n) is 3.71.